The molecule has 1 amide bonds. The number of hydrogen-bond donors (Lipinski definition) is 3. The average Bonchev–Trinajstić information content (AvgIpc) is 3.29. The maximum atomic E-state index is 13.9. The van der Waals surface area contributed by atoms with E-state index in [1.165, 1.54) is 17.4 Å². The number of hydrogen-bond acceptors (Lipinski definition) is 7. The normalized spacial score (nSPS) is 18.5. The van der Waals surface area contributed by atoms with Crippen molar-refractivity contribution in [1.82, 2.24) is 14.6 Å². The van der Waals surface area contributed by atoms with E-state index in [4.69, 9.17) is 11.6 Å². The number of carbonyl (C=O) groups is 1. The number of benzene rings is 2. The fourth-order valence-corrected chi connectivity index (χ4v) is 8.31. The Balaban J connectivity index is 1.45. The Hall–Kier alpha value is -2.24. The molecule has 0 radical (unpaired) electrons. The van der Waals surface area contributed by atoms with Gasteiger partial charge in [0.1, 0.15) is 10.9 Å². The Morgan fingerprint density at radius 1 is 1.28 bits per heavy atom. The number of para-hydroxylation sites is 1. The van der Waals surface area contributed by atoms with Crippen LogP contribution in [-0.4, -0.2) is 61.6 Å². The molecule has 11 heteroatoms. The molecule has 0 saturated carbocycles. The average molecular weight is 591 g/mol. The van der Waals surface area contributed by atoms with E-state index in [9.17, 15) is 18.3 Å². The quantitative estimate of drug-likeness (QED) is 0.357. The van der Waals surface area contributed by atoms with Crippen molar-refractivity contribution in [1.29, 1.82) is 0 Å². The van der Waals surface area contributed by atoms with Crippen LogP contribution in [-0.2, 0) is 27.7 Å². The number of nitrogens with zero attached hydrogens (tertiary/aromatic N) is 2. The van der Waals surface area contributed by atoms with Crippen molar-refractivity contribution in [2.24, 2.45) is 11.3 Å². The van der Waals surface area contributed by atoms with Gasteiger partial charge in [0.25, 0.3) is 0 Å². The van der Waals surface area contributed by atoms with Crippen LogP contribution in [0.5, 0.6) is 0 Å². The highest BCUT2D eigenvalue weighted by atomic mass is 35.5. The number of anilines is 1. The lowest BCUT2D eigenvalue weighted by Crippen LogP contribution is -2.51. The summed E-state index contributed by atoms with van der Waals surface area (Å²) in [6.45, 7) is 6.06. The lowest BCUT2D eigenvalue weighted by Gasteiger charge is -2.35. The van der Waals surface area contributed by atoms with Crippen molar-refractivity contribution in [3.8, 4) is 0 Å². The van der Waals surface area contributed by atoms with Crippen LogP contribution in [0.2, 0.25) is 5.02 Å². The van der Waals surface area contributed by atoms with Crippen molar-refractivity contribution in [2.75, 3.05) is 31.6 Å². The van der Waals surface area contributed by atoms with Crippen molar-refractivity contribution < 1.29 is 18.3 Å². The molecule has 0 bridgehead atoms. The Kier molecular flexibility index (Phi) is 8.22. The van der Waals surface area contributed by atoms with Crippen molar-refractivity contribution >= 4 is 54.8 Å². The summed E-state index contributed by atoms with van der Waals surface area (Å²) in [6.07, 6.45) is 3.13. The zero-order chi connectivity index (χ0) is 27.8. The monoisotopic (exact) mass is 590 g/mol. The highest BCUT2D eigenvalue weighted by Crippen LogP contribution is 2.38. The summed E-state index contributed by atoms with van der Waals surface area (Å²) in [6, 6.07) is 9.97. The largest absolute Gasteiger partial charge is 0.396 e. The second kappa shape index (κ2) is 11.3. The van der Waals surface area contributed by atoms with Crippen LogP contribution in [0, 0.1) is 11.3 Å². The van der Waals surface area contributed by atoms with E-state index < -0.39 is 16.1 Å². The van der Waals surface area contributed by atoms with Gasteiger partial charge in [-0.15, -0.1) is 11.3 Å². The summed E-state index contributed by atoms with van der Waals surface area (Å²) < 4.78 is 31.5. The SMILES string of the molecule is CC1(C)CNc2c(cc(Cl)cc2S(=O)(=O)N[C@@H](Cc2nc3ccccc3s2)C(=O)N2CCC(CCO)CC2)C1. The zero-order valence-electron chi connectivity index (χ0n) is 22.2. The molecule has 210 valence electrons. The Labute approximate surface area is 238 Å². The molecule has 1 fully saturated rings. The van der Waals surface area contributed by atoms with Gasteiger partial charge >= 0.3 is 0 Å². The minimum Gasteiger partial charge on any atom is -0.396 e. The molecule has 5 rings (SSSR count). The second-order valence-electron chi connectivity index (χ2n) is 11.4. The van der Waals surface area contributed by atoms with Gasteiger partial charge in [-0.2, -0.15) is 4.72 Å². The second-order valence-corrected chi connectivity index (χ2v) is 14.6. The summed E-state index contributed by atoms with van der Waals surface area (Å²) in [4.78, 5) is 20.3. The molecular formula is C28H35ClN4O4S2. The highest BCUT2D eigenvalue weighted by molar-refractivity contribution is 7.89. The van der Waals surface area contributed by atoms with E-state index in [1.54, 1.807) is 4.90 Å². The van der Waals surface area contributed by atoms with Crippen LogP contribution in [0.3, 0.4) is 0 Å². The lowest BCUT2D eigenvalue weighted by atomic mass is 9.82. The first-order valence-corrected chi connectivity index (χ1v) is 16.1. The number of thiazole rings is 1. The van der Waals surface area contributed by atoms with Gasteiger partial charge in [0.15, 0.2) is 0 Å². The number of fused-ring (bicyclic) bond motifs is 2. The number of nitrogens with one attached hydrogen (secondary N) is 2. The molecule has 3 N–H and O–H groups in total. The van der Waals surface area contributed by atoms with E-state index in [1.807, 2.05) is 30.3 Å². The number of halogens is 1. The summed E-state index contributed by atoms with van der Waals surface area (Å²) in [5.41, 5.74) is 2.17. The standard InChI is InChI=1S/C28H35ClN4O4S2/c1-28(2)16-19-13-20(29)14-24(26(19)30-17-28)39(36,37)32-22(15-25-31-21-5-3-4-6-23(21)38-25)27(35)33-10-7-18(8-11-33)9-12-34/h3-6,13-14,18,22,30,32,34H,7-12,15-17H2,1-2H3/t22-/m0/s1. The summed E-state index contributed by atoms with van der Waals surface area (Å²) >= 11 is 7.86. The zero-order valence-corrected chi connectivity index (χ0v) is 24.6. The van der Waals surface area contributed by atoms with Crippen LogP contribution < -0.4 is 10.0 Å². The number of aromatic nitrogens is 1. The molecular weight excluding hydrogens is 556 g/mol. The summed E-state index contributed by atoms with van der Waals surface area (Å²) in [5.74, 6) is 0.108. The fourth-order valence-electron chi connectivity index (χ4n) is 5.55. The van der Waals surface area contributed by atoms with Crippen molar-refractivity contribution in [3.63, 3.8) is 0 Å². The molecule has 3 heterocycles. The molecule has 1 saturated heterocycles. The van der Waals surface area contributed by atoms with Crippen LogP contribution in [0.4, 0.5) is 5.69 Å². The van der Waals surface area contributed by atoms with Crippen LogP contribution in [0.25, 0.3) is 10.2 Å². The van der Waals surface area contributed by atoms with Crippen LogP contribution in [0.15, 0.2) is 41.3 Å². The first kappa shape index (κ1) is 28.3. The van der Waals surface area contributed by atoms with Crippen LogP contribution >= 0.6 is 22.9 Å². The maximum absolute atomic E-state index is 13.9. The Morgan fingerprint density at radius 3 is 2.74 bits per heavy atom. The number of aliphatic hydroxyl groups is 1. The molecule has 1 atom stereocenters. The molecule has 0 unspecified atom stereocenters. The lowest BCUT2D eigenvalue weighted by molar-refractivity contribution is -0.134. The van der Waals surface area contributed by atoms with Gasteiger partial charge in [-0.1, -0.05) is 37.6 Å². The third-order valence-electron chi connectivity index (χ3n) is 7.63. The molecule has 39 heavy (non-hydrogen) atoms. The minimum atomic E-state index is -4.11. The first-order chi connectivity index (χ1) is 18.5. The number of carbonyl (C=O) groups excluding carboxylic acids is 1. The third-order valence-corrected chi connectivity index (χ3v) is 10.4. The minimum absolute atomic E-state index is 0.0420. The van der Waals surface area contributed by atoms with Gasteiger partial charge in [0, 0.05) is 37.7 Å². The molecule has 1 aromatic heterocycles. The Morgan fingerprint density at radius 2 is 2.03 bits per heavy atom. The number of rotatable bonds is 8. The van der Waals surface area contributed by atoms with Crippen LogP contribution in [0.1, 0.15) is 43.7 Å². The van der Waals surface area contributed by atoms with E-state index in [-0.39, 0.29) is 29.2 Å². The smallest absolute Gasteiger partial charge is 0.243 e. The third kappa shape index (κ3) is 6.41. The molecule has 8 nitrogen and oxygen atoms in total. The maximum Gasteiger partial charge on any atom is 0.243 e. The van der Waals surface area contributed by atoms with Crippen molar-refractivity contribution in [3.05, 3.63) is 52.0 Å². The van der Waals surface area contributed by atoms with Gasteiger partial charge in [-0.25, -0.2) is 13.4 Å². The number of sulfonamides is 1. The molecule has 2 aliphatic rings. The molecule has 0 aliphatic carbocycles. The van der Waals surface area contributed by atoms with Crippen molar-refractivity contribution in [2.45, 2.75) is 56.9 Å². The predicted octanol–water partition coefficient (Wildman–Crippen LogP) is 4.45. The topological polar surface area (TPSA) is 112 Å². The van der Waals surface area contributed by atoms with E-state index in [0.29, 0.717) is 54.1 Å². The number of piperidine rings is 1. The van der Waals surface area contributed by atoms with E-state index in [2.05, 4.69) is 28.9 Å². The van der Waals surface area contributed by atoms with Gasteiger partial charge in [0.2, 0.25) is 15.9 Å². The number of aliphatic hydroxyl groups excluding tert-OH is 1. The molecule has 0 spiro atoms. The number of amides is 1. The fraction of sp³-hybridized carbons (Fsp3) is 0.500. The molecule has 2 aliphatic heterocycles. The first-order valence-electron chi connectivity index (χ1n) is 13.4. The number of likely N-dealkylation sites (tertiary alicyclic amines) is 1. The molecule has 2 aromatic carbocycles. The Bertz CT molecular complexity index is 1430. The van der Waals surface area contributed by atoms with Gasteiger partial charge in [-0.05, 0) is 66.8 Å². The van der Waals surface area contributed by atoms with Gasteiger partial charge < -0.3 is 15.3 Å². The molecule has 3 aromatic rings. The predicted molar refractivity (Wildman–Crippen MR) is 156 cm³/mol. The van der Waals surface area contributed by atoms with Gasteiger partial charge in [-0.3, -0.25) is 4.79 Å². The summed E-state index contributed by atoms with van der Waals surface area (Å²) in [5, 5.41) is 13.6. The highest BCUT2D eigenvalue weighted by Gasteiger charge is 2.35. The van der Waals surface area contributed by atoms with E-state index >= 15 is 0 Å². The van der Waals surface area contributed by atoms with E-state index in [0.717, 1.165) is 28.6 Å². The summed E-state index contributed by atoms with van der Waals surface area (Å²) in [7, 11) is -4.11. The van der Waals surface area contributed by atoms with Gasteiger partial charge in [0.05, 0.1) is 20.9 Å².